The number of anilines is 1. The van der Waals surface area contributed by atoms with E-state index >= 15 is 0 Å². The Labute approximate surface area is 192 Å². The zero-order valence-corrected chi connectivity index (χ0v) is 19.5. The number of para-hydroxylation sites is 2. The van der Waals surface area contributed by atoms with E-state index in [1.54, 1.807) is 14.0 Å². The van der Waals surface area contributed by atoms with Gasteiger partial charge in [-0.3, -0.25) is 9.59 Å². The van der Waals surface area contributed by atoms with Crippen LogP contribution in [-0.2, 0) is 22.6 Å². The van der Waals surface area contributed by atoms with Crippen LogP contribution in [0.3, 0.4) is 0 Å². The van der Waals surface area contributed by atoms with Crippen molar-refractivity contribution in [2.75, 3.05) is 25.1 Å². The lowest BCUT2D eigenvalue weighted by molar-refractivity contribution is -0.132. The molecule has 5 heteroatoms. The summed E-state index contributed by atoms with van der Waals surface area (Å²) in [5.41, 5.74) is 3.12. The van der Waals surface area contributed by atoms with E-state index < -0.39 is 0 Å². The third-order valence-corrected chi connectivity index (χ3v) is 6.22. The lowest BCUT2D eigenvalue weighted by atomic mass is 10.0. The predicted molar refractivity (Wildman–Crippen MR) is 129 cm³/mol. The van der Waals surface area contributed by atoms with E-state index in [0.29, 0.717) is 13.0 Å². The van der Waals surface area contributed by atoms with E-state index in [-0.39, 0.29) is 11.8 Å². The van der Waals surface area contributed by atoms with Crippen molar-refractivity contribution in [1.82, 2.24) is 4.90 Å². The zero-order chi connectivity index (χ0) is 22.8. The summed E-state index contributed by atoms with van der Waals surface area (Å²) in [6.07, 6.45) is 7.52. The molecule has 0 fully saturated rings. The predicted octanol–water partition coefficient (Wildman–Crippen LogP) is 5.36. The number of hydrogen-bond acceptors (Lipinski definition) is 3. The van der Waals surface area contributed by atoms with Crippen molar-refractivity contribution < 1.29 is 14.3 Å². The molecular formula is C27H36N2O3. The summed E-state index contributed by atoms with van der Waals surface area (Å²) in [5.74, 6) is 1.12. The number of carbonyl (C=O) groups is 2. The van der Waals surface area contributed by atoms with Gasteiger partial charge in [-0.2, -0.15) is 0 Å². The van der Waals surface area contributed by atoms with Crippen molar-refractivity contribution in [3.8, 4) is 5.75 Å². The van der Waals surface area contributed by atoms with E-state index in [4.69, 9.17) is 4.74 Å². The monoisotopic (exact) mass is 436 g/mol. The maximum absolute atomic E-state index is 13.2. The number of nitrogens with zero attached hydrogens (tertiary/aromatic N) is 2. The van der Waals surface area contributed by atoms with Gasteiger partial charge in [0, 0.05) is 38.7 Å². The van der Waals surface area contributed by atoms with E-state index in [0.717, 1.165) is 80.6 Å². The molecule has 1 heterocycles. The van der Waals surface area contributed by atoms with Crippen LogP contribution < -0.4 is 9.64 Å². The third kappa shape index (κ3) is 6.59. The van der Waals surface area contributed by atoms with Crippen molar-refractivity contribution >= 4 is 17.5 Å². The molecule has 0 N–H and O–H groups in total. The fourth-order valence-electron chi connectivity index (χ4n) is 4.45. The molecule has 0 aromatic heterocycles. The minimum Gasteiger partial charge on any atom is -0.496 e. The van der Waals surface area contributed by atoms with Crippen LogP contribution in [0.4, 0.5) is 5.69 Å². The standard InChI is InChI=1S/C27H36N2O3/c1-22(30)29-20-11-5-3-4-10-19-28(21-24-14-6-8-16-25(24)29)27(31)18-12-15-23-13-7-9-17-26(23)32-2/h6-9,13-14,16-17H,3-5,10-12,15,18-21H2,1-2H3. The van der Waals surface area contributed by atoms with Crippen molar-refractivity contribution in [3.05, 3.63) is 59.7 Å². The quantitative estimate of drug-likeness (QED) is 0.634. The van der Waals surface area contributed by atoms with E-state index in [9.17, 15) is 9.59 Å². The summed E-state index contributed by atoms with van der Waals surface area (Å²) in [7, 11) is 1.68. The zero-order valence-electron chi connectivity index (χ0n) is 19.5. The second-order valence-electron chi connectivity index (χ2n) is 8.55. The summed E-state index contributed by atoms with van der Waals surface area (Å²) >= 11 is 0. The summed E-state index contributed by atoms with van der Waals surface area (Å²) in [4.78, 5) is 29.4. The molecule has 2 amide bonds. The highest BCUT2D eigenvalue weighted by Gasteiger charge is 2.20. The fraction of sp³-hybridized carbons (Fsp3) is 0.481. The molecule has 32 heavy (non-hydrogen) atoms. The topological polar surface area (TPSA) is 49.9 Å². The number of aryl methyl sites for hydroxylation is 1. The number of fused-ring (bicyclic) bond motifs is 1. The Balaban J connectivity index is 1.72. The number of amides is 2. The van der Waals surface area contributed by atoms with Gasteiger partial charge >= 0.3 is 0 Å². The average Bonchev–Trinajstić information content (AvgIpc) is 2.79. The van der Waals surface area contributed by atoms with Gasteiger partial charge in [0.05, 0.1) is 7.11 Å². The molecule has 0 unspecified atom stereocenters. The highest BCUT2D eigenvalue weighted by molar-refractivity contribution is 5.92. The molecule has 3 rings (SSSR count). The second-order valence-corrected chi connectivity index (χ2v) is 8.55. The van der Waals surface area contributed by atoms with Gasteiger partial charge in [-0.25, -0.2) is 0 Å². The lowest BCUT2D eigenvalue weighted by Gasteiger charge is -2.29. The Morgan fingerprint density at radius 2 is 1.59 bits per heavy atom. The Kier molecular flexibility index (Phi) is 9.14. The molecule has 0 spiro atoms. The summed E-state index contributed by atoms with van der Waals surface area (Å²) < 4.78 is 5.44. The maximum atomic E-state index is 13.2. The van der Waals surface area contributed by atoms with Gasteiger partial charge < -0.3 is 14.5 Å². The van der Waals surface area contributed by atoms with Gasteiger partial charge in [0.25, 0.3) is 0 Å². The Hall–Kier alpha value is -2.82. The number of rotatable bonds is 5. The summed E-state index contributed by atoms with van der Waals surface area (Å²) in [5, 5.41) is 0. The molecule has 2 aromatic carbocycles. The van der Waals surface area contributed by atoms with E-state index in [1.807, 2.05) is 52.3 Å². The maximum Gasteiger partial charge on any atom is 0.223 e. The smallest absolute Gasteiger partial charge is 0.223 e. The first kappa shape index (κ1) is 23.8. The van der Waals surface area contributed by atoms with Gasteiger partial charge in [-0.15, -0.1) is 0 Å². The van der Waals surface area contributed by atoms with E-state index in [1.165, 1.54) is 0 Å². The number of hydrogen-bond donors (Lipinski definition) is 0. The molecule has 0 bridgehead atoms. The SMILES string of the molecule is COc1ccccc1CCCC(=O)N1CCCCCCCN(C(C)=O)c2ccccc2C1. The summed E-state index contributed by atoms with van der Waals surface area (Å²) in [6.45, 7) is 3.68. The van der Waals surface area contributed by atoms with Crippen molar-refractivity contribution in [2.45, 2.75) is 64.8 Å². The van der Waals surface area contributed by atoms with Crippen LogP contribution in [0.5, 0.6) is 5.75 Å². The molecule has 1 aliphatic heterocycles. The molecule has 0 aliphatic carbocycles. The largest absolute Gasteiger partial charge is 0.496 e. The average molecular weight is 437 g/mol. The minimum atomic E-state index is 0.0594. The van der Waals surface area contributed by atoms with E-state index in [2.05, 4.69) is 6.07 Å². The lowest BCUT2D eigenvalue weighted by Crippen LogP contribution is -2.34. The highest BCUT2D eigenvalue weighted by Crippen LogP contribution is 2.25. The van der Waals surface area contributed by atoms with Crippen molar-refractivity contribution in [1.29, 1.82) is 0 Å². The third-order valence-electron chi connectivity index (χ3n) is 6.22. The molecule has 0 saturated heterocycles. The normalized spacial score (nSPS) is 15.3. The van der Waals surface area contributed by atoms with Gasteiger partial charge in [0.15, 0.2) is 0 Å². The molecule has 0 radical (unpaired) electrons. The number of benzene rings is 2. The number of carbonyl (C=O) groups excluding carboxylic acids is 2. The van der Waals surface area contributed by atoms with Crippen molar-refractivity contribution in [2.24, 2.45) is 0 Å². The van der Waals surface area contributed by atoms with Crippen LogP contribution in [0, 0.1) is 0 Å². The van der Waals surface area contributed by atoms with Crippen LogP contribution >= 0.6 is 0 Å². The Morgan fingerprint density at radius 3 is 2.38 bits per heavy atom. The molecule has 2 aromatic rings. The van der Waals surface area contributed by atoms with Crippen molar-refractivity contribution in [3.63, 3.8) is 0 Å². The van der Waals surface area contributed by atoms with Crippen LogP contribution in [0.15, 0.2) is 48.5 Å². The number of methoxy groups -OCH3 is 1. The van der Waals surface area contributed by atoms with Crippen LogP contribution in [0.2, 0.25) is 0 Å². The minimum absolute atomic E-state index is 0.0594. The fourth-order valence-corrected chi connectivity index (χ4v) is 4.45. The first-order chi connectivity index (χ1) is 15.6. The Morgan fingerprint density at radius 1 is 0.906 bits per heavy atom. The van der Waals surface area contributed by atoms with Gasteiger partial charge in [0.1, 0.15) is 5.75 Å². The molecule has 0 saturated carbocycles. The molecular weight excluding hydrogens is 400 g/mol. The first-order valence-electron chi connectivity index (χ1n) is 11.9. The molecule has 1 aliphatic rings. The molecule has 172 valence electrons. The van der Waals surface area contributed by atoms with Crippen LogP contribution in [0.25, 0.3) is 0 Å². The van der Waals surface area contributed by atoms with Gasteiger partial charge in [-0.1, -0.05) is 55.7 Å². The second kappa shape index (κ2) is 12.3. The molecule has 0 atom stereocenters. The Bertz CT molecular complexity index is 896. The molecule has 5 nitrogen and oxygen atoms in total. The van der Waals surface area contributed by atoms with Crippen LogP contribution in [-0.4, -0.2) is 36.9 Å². The van der Waals surface area contributed by atoms with Gasteiger partial charge in [-0.05, 0) is 48.9 Å². The highest BCUT2D eigenvalue weighted by atomic mass is 16.5. The summed E-state index contributed by atoms with van der Waals surface area (Å²) in [6, 6.07) is 16.0. The van der Waals surface area contributed by atoms with Gasteiger partial charge in [0.2, 0.25) is 11.8 Å². The van der Waals surface area contributed by atoms with Crippen LogP contribution in [0.1, 0.15) is 63.0 Å². The first-order valence-corrected chi connectivity index (χ1v) is 11.9. The number of ether oxygens (including phenoxy) is 1.